The van der Waals surface area contributed by atoms with Crippen LogP contribution in [-0.4, -0.2) is 37.4 Å². The second kappa shape index (κ2) is 8.95. The van der Waals surface area contributed by atoms with Gasteiger partial charge in [0.05, 0.1) is 5.69 Å². The molecule has 1 saturated carbocycles. The Labute approximate surface area is 183 Å². The summed E-state index contributed by atoms with van der Waals surface area (Å²) in [5.41, 5.74) is 0.0604. The van der Waals surface area contributed by atoms with Crippen molar-refractivity contribution >= 4 is 17.5 Å². The Balaban J connectivity index is 1.49. The fraction of sp³-hybridized carbons (Fsp3) is 0.619. The first-order chi connectivity index (χ1) is 15.3. The number of nitrogens with zero attached hydrogens (tertiary/aromatic N) is 4. The van der Waals surface area contributed by atoms with E-state index in [0.717, 1.165) is 36.8 Å². The minimum absolute atomic E-state index is 0.0824. The first-order valence-electron chi connectivity index (χ1n) is 11.1. The third kappa shape index (κ3) is 4.66. The summed E-state index contributed by atoms with van der Waals surface area (Å²) in [6, 6.07) is 0.0824. The van der Waals surface area contributed by atoms with Crippen LogP contribution in [0, 0.1) is 0 Å². The van der Waals surface area contributed by atoms with Crippen LogP contribution < -0.4 is 10.6 Å². The van der Waals surface area contributed by atoms with Crippen molar-refractivity contribution in [3.8, 4) is 0 Å². The van der Waals surface area contributed by atoms with Crippen molar-refractivity contribution in [2.45, 2.75) is 83.6 Å². The number of anilines is 1. The zero-order chi connectivity index (χ0) is 22.9. The van der Waals surface area contributed by atoms with Crippen molar-refractivity contribution in [1.29, 1.82) is 0 Å². The number of hydrogen-bond acceptors (Lipinski definition) is 4. The van der Waals surface area contributed by atoms with Crippen LogP contribution in [0.4, 0.5) is 18.9 Å². The fourth-order valence-electron chi connectivity index (χ4n) is 4.54. The molecule has 0 aliphatic heterocycles. The maximum absolute atomic E-state index is 13.3. The van der Waals surface area contributed by atoms with Gasteiger partial charge >= 0.3 is 6.18 Å². The average Bonchev–Trinajstić information content (AvgIpc) is 3.44. The number of carbonyl (C=O) groups is 2. The SMILES string of the molecule is CCn1cc(NC(=O)Cn2nc(C(F)(F)F)c3c2CCC3)c(C(=O)NC2CCCCC2)n1. The molecule has 4 rings (SSSR count). The van der Waals surface area contributed by atoms with Crippen LogP contribution in [0.1, 0.15) is 72.9 Å². The molecule has 2 aliphatic rings. The lowest BCUT2D eigenvalue weighted by molar-refractivity contribution is -0.142. The van der Waals surface area contributed by atoms with E-state index in [0.29, 0.717) is 31.5 Å². The van der Waals surface area contributed by atoms with Crippen LogP contribution >= 0.6 is 0 Å². The van der Waals surface area contributed by atoms with Crippen LogP contribution in [0.5, 0.6) is 0 Å². The van der Waals surface area contributed by atoms with Gasteiger partial charge in [0.2, 0.25) is 5.91 Å². The van der Waals surface area contributed by atoms with Crippen LogP contribution in [0.25, 0.3) is 0 Å². The molecule has 2 amide bonds. The predicted octanol–water partition coefficient (Wildman–Crippen LogP) is 3.31. The molecule has 2 aromatic heterocycles. The summed E-state index contributed by atoms with van der Waals surface area (Å²) in [4.78, 5) is 25.5. The minimum atomic E-state index is -4.55. The average molecular weight is 452 g/mol. The van der Waals surface area contributed by atoms with Gasteiger partial charge in [0, 0.05) is 30.0 Å². The molecule has 2 N–H and O–H groups in total. The third-order valence-corrected chi connectivity index (χ3v) is 6.08. The van der Waals surface area contributed by atoms with E-state index in [2.05, 4.69) is 20.8 Å². The topological polar surface area (TPSA) is 93.8 Å². The highest BCUT2D eigenvalue weighted by atomic mass is 19.4. The lowest BCUT2D eigenvalue weighted by Gasteiger charge is -2.22. The molecule has 32 heavy (non-hydrogen) atoms. The van der Waals surface area contributed by atoms with Crippen molar-refractivity contribution in [3.05, 3.63) is 28.8 Å². The predicted molar refractivity (Wildman–Crippen MR) is 110 cm³/mol. The van der Waals surface area contributed by atoms with Crippen molar-refractivity contribution in [1.82, 2.24) is 24.9 Å². The summed E-state index contributed by atoms with van der Waals surface area (Å²) in [5, 5.41) is 13.6. The molecule has 1 fully saturated rings. The van der Waals surface area contributed by atoms with E-state index >= 15 is 0 Å². The van der Waals surface area contributed by atoms with Gasteiger partial charge in [-0.25, -0.2) is 0 Å². The van der Waals surface area contributed by atoms with E-state index in [-0.39, 0.29) is 35.4 Å². The molecule has 8 nitrogen and oxygen atoms in total. The van der Waals surface area contributed by atoms with E-state index in [1.165, 1.54) is 0 Å². The van der Waals surface area contributed by atoms with Crippen LogP contribution in [0.3, 0.4) is 0 Å². The van der Waals surface area contributed by atoms with Gasteiger partial charge in [0.25, 0.3) is 5.91 Å². The number of amides is 2. The van der Waals surface area contributed by atoms with Gasteiger partial charge in [0.1, 0.15) is 6.54 Å². The molecule has 174 valence electrons. The molecule has 2 aliphatic carbocycles. The van der Waals surface area contributed by atoms with Gasteiger partial charge in [-0.1, -0.05) is 19.3 Å². The van der Waals surface area contributed by atoms with Crippen molar-refractivity contribution in [3.63, 3.8) is 0 Å². The number of fused-ring (bicyclic) bond motifs is 1. The Kier molecular flexibility index (Phi) is 6.25. The molecule has 0 aromatic carbocycles. The van der Waals surface area contributed by atoms with Gasteiger partial charge in [0.15, 0.2) is 11.4 Å². The summed E-state index contributed by atoms with van der Waals surface area (Å²) >= 11 is 0. The van der Waals surface area contributed by atoms with Gasteiger partial charge < -0.3 is 10.6 Å². The first kappa shape index (κ1) is 22.3. The van der Waals surface area contributed by atoms with E-state index in [9.17, 15) is 22.8 Å². The lowest BCUT2D eigenvalue weighted by Crippen LogP contribution is -2.37. The normalized spacial score (nSPS) is 16.8. The highest BCUT2D eigenvalue weighted by Gasteiger charge is 2.40. The number of carbonyl (C=O) groups excluding carboxylic acids is 2. The maximum Gasteiger partial charge on any atom is 0.435 e. The number of aryl methyl sites for hydroxylation is 1. The van der Waals surface area contributed by atoms with Crippen LogP contribution in [0.2, 0.25) is 0 Å². The Bertz CT molecular complexity index is 1000. The standard InChI is InChI=1S/C21H27F3N6O2/c1-2-29-11-15(18(27-29)20(32)25-13-7-4-3-5-8-13)26-17(31)12-30-16-10-6-9-14(16)19(28-30)21(22,23)24/h11,13H,2-10,12H2,1H3,(H,25,32)(H,26,31). The minimum Gasteiger partial charge on any atom is -0.348 e. The van der Waals surface area contributed by atoms with Gasteiger partial charge in [-0.05, 0) is 39.0 Å². The number of nitrogens with one attached hydrogen (secondary N) is 2. The number of rotatable bonds is 6. The molecule has 0 unspecified atom stereocenters. The highest BCUT2D eigenvalue weighted by molar-refractivity contribution is 6.02. The van der Waals surface area contributed by atoms with Gasteiger partial charge in [-0.15, -0.1) is 0 Å². The highest BCUT2D eigenvalue weighted by Crippen LogP contribution is 2.36. The Morgan fingerprint density at radius 1 is 1.12 bits per heavy atom. The number of aromatic nitrogens is 4. The Hall–Kier alpha value is -2.85. The van der Waals surface area contributed by atoms with E-state index in [4.69, 9.17) is 0 Å². The number of alkyl halides is 3. The molecule has 2 heterocycles. The molecular weight excluding hydrogens is 425 g/mol. The van der Waals surface area contributed by atoms with Crippen molar-refractivity contribution < 1.29 is 22.8 Å². The summed E-state index contributed by atoms with van der Waals surface area (Å²) in [6.45, 7) is 1.99. The summed E-state index contributed by atoms with van der Waals surface area (Å²) in [7, 11) is 0. The smallest absolute Gasteiger partial charge is 0.348 e. The van der Waals surface area contributed by atoms with Crippen LogP contribution in [-0.2, 0) is 36.9 Å². The second-order valence-electron chi connectivity index (χ2n) is 8.39. The summed E-state index contributed by atoms with van der Waals surface area (Å²) in [6.07, 6.45) is 3.47. The molecule has 0 spiro atoms. The zero-order valence-electron chi connectivity index (χ0n) is 18.0. The van der Waals surface area contributed by atoms with Crippen LogP contribution in [0.15, 0.2) is 6.20 Å². The fourth-order valence-corrected chi connectivity index (χ4v) is 4.54. The maximum atomic E-state index is 13.3. The van der Waals surface area contributed by atoms with Crippen molar-refractivity contribution in [2.75, 3.05) is 5.32 Å². The Morgan fingerprint density at radius 3 is 2.56 bits per heavy atom. The van der Waals surface area contributed by atoms with Crippen molar-refractivity contribution in [2.24, 2.45) is 0 Å². The monoisotopic (exact) mass is 452 g/mol. The molecule has 11 heteroatoms. The number of hydrogen-bond donors (Lipinski definition) is 2. The Morgan fingerprint density at radius 2 is 1.88 bits per heavy atom. The first-order valence-corrected chi connectivity index (χ1v) is 11.1. The zero-order valence-corrected chi connectivity index (χ0v) is 18.0. The summed E-state index contributed by atoms with van der Waals surface area (Å²) < 4.78 is 42.5. The molecule has 0 saturated heterocycles. The molecule has 2 aromatic rings. The second-order valence-corrected chi connectivity index (χ2v) is 8.39. The van der Waals surface area contributed by atoms with Gasteiger partial charge in [-0.2, -0.15) is 23.4 Å². The third-order valence-electron chi connectivity index (χ3n) is 6.08. The molecular formula is C21H27F3N6O2. The molecule has 0 radical (unpaired) electrons. The summed E-state index contributed by atoms with van der Waals surface area (Å²) in [5.74, 6) is -0.919. The molecule has 0 atom stereocenters. The van der Waals surface area contributed by atoms with E-state index in [1.807, 2.05) is 6.92 Å². The largest absolute Gasteiger partial charge is 0.435 e. The quantitative estimate of drug-likeness (QED) is 0.703. The van der Waals surface area contributed by atoms with E-state index < -0.39 is 17.8 Å². The number of halogens is 3. The van der Waals surface area contributed by atoms with E-state index in [1.54, 1.807) is 10.9 Å². The molecule has 0 bridgehead atoms. The lowest BCUT2D eigenvalue weighted by atomic mass is 9.95. The van der Waals surface area contributed by atoms with Gasteiger partial charge in [-0.3, -0.25) is 19.0 Å².